The molecule has 0 saturated carbocycles. The summed E-state index contributed by atoms with van der Waals surface area (Å²) in [6, 6.07) is 0. The van der Waals surface area contributed by atoms with E-state index in [0.29, 0.717) is 19.3 Å². The van der Waals surface area contributed by atoms with E-state index in [-0.39, 0.29) is 28.9 Å². The van der Waals surface area contributed by atoms with Crippen LogP contribution in [0.3, 0.4) is 0 Å². The second-order valence-electron chi connectivity index (χ2n) is 14.4. The molecule has 0 saturated heterocycles. The van der Waals surface area contributed by atoms with Gasteiger partial charge in [-0.05, 0) is 26.7 Å². The van der Waals surface area contributed by atoms with Gasteiger partial charge in [0.25, 0.3) is 0 Å². The highest BCUT2D eigenvalue weighted by Gasteiger charge is 2.32. The van der Waals surface area contributed by atoms with Crippen molar-refractivity contribution in [3.8, 4) is 0 Å². The summed E-state index contributed by atoms with van der Waals surface area (Å²) in [7, 11) is 0. The third-order valence-corrected chi connectivity index (χ3v) is 8.86. The number of aliphatic hydroxyl groups excluding tert-OH is 1. The quantitative estimate of drug-likeness (QED) is 0.0507. The summed E-state index contributed by atoms with van der Waals surface area (Å²) in [4.78, 5) is 25.2. The van der Waals surface area contributed by atoms with E-state index in [2.05, 4.69) is 13.8 Å². The number of unbranched alkanes of at least 4 members (excludes halogenated alkanes) is 24. The predicted octanol–water partition coefficient (Wildman–Crippen LogP) is 11.5. The molecule has 0 fully saturated rings. The minimum absolute atomic E-state index is 0. The Hall–Kier alpha value is -0.660. The molecule has 276 valence electrons. The Bertz CT molecular complexity index is 669. The first-order valence-electron chi connectivity index (χ1n) is 19.5. The molecule has 0 aromatic carbocycles. The maximum absolute atomic E-state index is 12.7. The van der Waals surface area contributed by atoms with Crippen molar-refractivity contribution < 1.29 is 24.2 Å². The van der Waals surface area contributed by atoms with Crippen LogP contribution in [-0.4, -0.2) is 41.4 Å². The minimum atomic E-state index is -0.891. The van der Waals surface area contributed by atoms with Crippen molar-refractivity contribution in [2.75, 3.05) is 6.61 Å². The van der Waals surface area contributed by atoms with Crippen LogP contribution in [0.4, 0.5) is 0 Å². The number of ether oxygens (including phenoxy) is 2. The van der Waals surface area contributed by atoms with E-state index in [1.807, 2.05) is 13.8 Å². The first-order valence-corrected chi connectivity index (χ1v) is 19.5. The van der Waals surface area contributed by atoms with E-state index in [4.69, 9.17) is 15.2 Å². The fourth-order valence-corrected chi connectivity index (χ4v) is 6.03. The average Bonchev–Trinajstić information content (AvgIpc) is 2.99. The highest BCUT2D eigenvalue weighted by atomic mass is 79.9. The molecule has 0 aliphatic carbocycles. The highest BCUT2D eigenvalue weighted by Crippen LogP contribution is 2.20. The van der Waals surface area contributed by atoms with E-state index >= 15 is 0 Å². The summed E-state index contributed by atoms with van der Waals surface area (Å²) in [6.45, 7) is 7.83. The summed E-state index contributed by atoms with van der Waals surface area (Å²) < 4.78 is 11.4. The van der Waals surface area contributed by atoms with Gasteiger partial charge in [0.05, 0.1) is 6.61 Å². The maximum Gasteiger partial charge on any atom is 0.306 e. The third kappa shape index (κ3) is 33.2. The van der Waals surface area contributed by atoms with Crippen molar-refractivity contribution >= 4 is 28.9 Å². The van der Waals surface area contributed by atoms with Crippen LogP contribution < -0.4 is 5.73 Å². The topological polar surface area (TPSA) is 98.8 Å². The molecule has 0 aliphatic rings. The normalized spacial score (nSPS) is 12.8. The zero-order chi connectivity index (χ0) is 33.4. The van der Waals surface area contributed by atoms with E-state index < -0.39 is 24.4 Å². The lowest BCUT2D eigenvalue weighted by Crippen LogP contribution is -2.45. The molecule has 0 spiro atoms. The van der Waals surface area contributed by atoms with Gasteiger partial charge in [-0.15, -0.1) is 17.0 Å². The molecule has 0 aromatic heterocycles. The molecule has 0 aromatic rings. The van der Waals surface area contributed by atoms with Crippen LogP contribution in [0.5, 0.6) is 0 Å². The molecule has 6 nitrogen and oxygen atoms in total. The number of carbonyl (C=O) groups excluding carboxylic acids is 2. The Kier molecular flexibility index (Phi) is 35.3. The van der Waals surface area contributed by atoms with Crippen molar-refractivity contribution in [1.29, 1.82) is 0 Å². The summed E-state index contributed by atoms with van der Waals surface area (Å²) in [5, 5.41) is 10.0. The molecule has 7 heteroatoms. The van der Waals surface area contributed by atoms with E-state index in [0.717, 1.165) is 38.5 Å². The van der Waals surface area contributed by atoms with Gasteiger partial charge in [-0.2, -0.15) is 0 Å². The number of hydrogen-bond donors (Lipinski definition) is 2. The smallest absolute Gasteiger partial charge is 0.306 e. The standard InChI is InChI=1S/C39H77NO5.BrH/c1-5-7-9-11-13-15-17-19-21-23-25-27-29-31-37(42)44-35(33-39(3,4)40)36(34-41)45-38(43)32-30-28-26-24-22-20-18-16-14-12-10-8-6-2;/h35-36,41H,5-34,40H2,1-4H3;1H. The number of esters is 2. The fourth-order valence-electron chi connectivity index (χ4n) is 6.03. The molecule has 0 aliphatic heterocycles. The molecular formula is C39H78BrNO5. The van der Waals surface area contributed by atoms with Gasteiger partial charge in [0.2, 0.25) is 0 Å². The number of rotatable bonds is 34. The van der Waals surface area contributed by atoms with Gasteiger partial charge in [0, 0.05) is 24.8 Å². The molecular weight excluding hydrogens is 642 g/mol. The van der Waals surface area contributed by atoms with Gasteiger partial charge in [0.15, 0.2) is 6.10 Å². The van der Waals surface area contributed by atoms with Gasteiger partial charge in [-0.25, -0.2) is 0 Å². The first kappa shape index (κ1) is 47.5. The average molecular weight is 721 g/mol. The summed E-state index contributed by atoms with van der Waals surface area (Å²) in [5.41, 5.74) is 5.61. The van der Waals surface area contributed by atoms with Crippen LogP contribution in [-0.2, 0) is 19.1 Å². The molecule has 2 unspecified atom stereocenters. The van der Waals surface area contributed by atoms with Crippen LogP contribution in [0.1, 0.15) is 214 Å². The Morgan fingerprint density at radius 2 is 0.783 bits per heavy atom. The lowest BCUT2D eigenvalue weighted by molar-refractivity contribution is -0.173. The summed E-state index contributed by atoms with van der Waals surface area (Å²) >= 11 is 0. The van der Waals surface area contributed by atoms with Crippen LogP contribution in [0.2, 0.25) is 0 Å². The zero-order valence-electron chi connectivity index (χ0n) is 30.9. The Morgan fingerprint density at radius 3 is 1.04 bits per heavy atom. The fraction of sp³-hybridized carbons (Fsp3) is 0.949. The van der Waals surface area contributed by atoms with Crippen LogP contribution in [0.25, 0.3) is 0 Å². The van der Waals surface area contributed by atoms with E-state index in [9.17, 15) is 14.7 Å². The van der Waals surface area contributed by atoms with Crippen molar-refractivity contribution in [3.63, 3.8) is 0 Å². The molecule has 46 heavy (non-hydrogen) atoms. The molecule has 3 N–H and O–H groups in total. The summed E-state index contributed by atoms with van der Waals surface area (Å²) in [6.07, 6.45) is 31.8. The van der Waals surface area contributed by atoms with Gasteiger partial charge in [-0.1, -0.05) is 168 Å². The molecule has 0 amide bonds. The van der Waals surface area contributed by atoms with Gasteiger partial charge < -0.3 is 20.3 Å². The van der Waals surface area contributed by atoms with Crippen molar-refractivity contribution in [2.24, 2.45) is 5.73 Å². The second kappa shape index (κ2) is 34.2. The molecule has 0 heterocycles. The Morgan fingerprint density at radius 1 is 0.522 bits per heavy atom. The minimum Gasteiger partial charge on any atom is -0.458 e. The zero-order valence-corrected chi connectivity index (χ0v) is 32.6. The monoisotopic (exact) mass is 720 g/mol. The lowest BCUT2D eigenvalue weighted by atomic mass is 9.95. The SMILES string of the molecule is Br.CCCCCCCCCCCCCCCC(=O)OC(CO)C(CC(C)(C)N)OC(=O)CCCCCCCCCCCCCCC. The number of nitrogens with two attached hydrogens (primary N) is 1. The van der Waals surface area contributed by atoms with Crippen molar-refractivity contribution in [2.45, 2.75) is 232 Å². The maximum atomic E-state index is 12.7. The largest absolute Gasteiger partial charge is 0.458 e. The van der Waals surface area contributed by atoms with Crippen LogP contribution >= 0.6 is 17.0 Å². The Balaban J connectivity index is 0. The van der Waals surface area contributed by atoms with Gasteiger partial charge >= 0.3 is 11.9 Å². The highest BCUT2D eigenvalue weighted by molar-refractivity contribution is 8.93. The van der Waals surface area contributed by atoms with E-state index in [1.165, 1.54) is 128 Å². The summed E-state index contributed by atoms with van der Waals surface area (Å²) in [5.74, 6) is -0.650. The van der Waals surface area contributed by atoms with Gasteiger partial charge in [-0.3, -0.25) is 9.59 Å². The third-order valence-electron chi connectivity index (χ3n) is 8.86. The molecule has 0 rings (SSSR count). The molecule has 2 atom stereocenters. The second-order valence-corrected chi connectivity index (χ2v) is 14.4. The van der Waals surface area contributed by atoms with Crippen molar-refractivity contribution in [3.05, 3.63) is 0 Å². The first-order chi connectivity index (χ1) is 21.7. The Labute approximate surface area is 296 Å². The van der Waals surface area contributed by atoms with Crippen molar-refractivity contribution in [1.82, 2.24) is 0 Å². The number of hydrogen-bond acceptors (Lipinski definition) is 6. The molecule has 0 radical (unpaired) electrons. The lowest BCUT2D eigenvalue weighted by Gasteiger charge is -2.30. The van der Waals surface area contributed by atoms with Gasteiger partial charge in [0.1, 0.15) is 6.10 Å². The number of halogens is 1. The number of aliphatic hydroxyl groups is 1. The number of carbonyl (C=O) groups is 2. The predicted molar refractivity (Wildman–Crippen MR) is 201 cm³/mol. The molecule has 0 bridgehead atoms. The van der Waals surface area contributed by atoms with Crippen LogP contribution in [0, 0.1) is 0 Å². The van der Waals surface area contributed by atoms with Crippen LogP contribution in [0.15, 0.2) is 0 Å². The van der Waals surface area contributed by atoms with E-state index in [1.54, 1.807) is 0 Å².